The molecule has 0 spiro atoms. The number of oxazole rings is 1. The molecule has 2 heterocycles. The van der Waals surface area contributed by atoms with Gasteiger partial charge in [-0.3, -0.25) is 4.79 Å². The van der Waals surface area contributed by atoms with Crippen LogP contribution in [0.25, 0.3) is 17.2 Å². The number of ether oxygens (including phenoxy) is 1. The molecule has 144 valence electrons. The first kappa shape index (κ1) is 18.3. The predicted molar refractivity (Wildman–Crippen MR) is 109 cm³/mol. The minimum atomic E-state index is 0.0462. The van der Waals surface area contributed by atoms with E-state index in [1.165, 1.54) is 0 Å². The number of piperidine rings is 1. The maximum Gasteiger partial charge on any atom is 0.246 e. The van der Waals surface area contributed by atoms with Gasteiger partial charge in [0.25, 0.3) is 0 Å². The molecule has 0 N–H and O–H groups in total. The summed E-state index contributed by atoms with van der Waals surface area (Å²) in [4.78, 5) is 19.0. The van der Waals surface area contributed by atoms with E-state index >= 15 is 0 Å². The van der Waals surface area contributed by atoms with Gasteiger partial charge in [-0.15, -0.1) is 0 Å². The molecule has 2 aromatic carbocycles. The van der Waals surface area contributed by atoms with Crippen molar-refractivity contribution in [3.63, 3.8) is 0 Å². The van der Waals surface area contributed by atoms with E-state index < -0.39 is 0 Å². The largest absolute Gasteiger partial charge is 0.494 e. The van der Waals surface area contributed by atoms with E-state index in [4.69, 9.17) is 9.15 Å². The van der Waals surface area contributed by atoms with Gasteiger partial charge in [-0.25, -0.2) is 4.98 Å². The average molecular weight is 376 g/mol. The van der Waals surface area contributed by atoms with E-state index in [9.17, 15) is 4.79 Å². The van der Waals surface area contributed by atoms with Gasteiger partial charge in [-0.2, -0.15) is 0 Å². The summed E-state index contributed by atoms with van der Waals surface area (Å²) < 4.78 is 11.3. The Morgan fingerprint density at radius 2 is 1.93 bits per heavy atom. The molecule has 1 aliphatic heterocycles. The van der Waals surface area contributed by atoms with Crippen LogP contribution in [-0.2, 0) is 4.79 Å². The Labute approximate surface area is 164 Å². The van der Waals surface area contributed by atoms with Crippen molar-refractivity contribution in [3.8, 4) is 5.75 Å². The number of carbonyl (C=O) groups excluding carboxylic acids is 1. The molecule has 1 aliphatic rings. The molecule has 0 saturated carbocycles. The van der Waals surface area contributed by atoms with Gasteiger partial charge < -0.3 is 14.1 Å². The number of benzene rings is 2. The standard InChI is InChI=1S/C23H24N2O3/c1-2-27-19-10-7-17(8-11-19)9-12-22(26)25-15-13-18(14-16-25)23-24-20-5-3-4-6-21(20)28-23/h3-12,18H,2,13-16H2,1H3/b12-9+. The third-order valence-corrected chi connectivity index (χ3v) is 5.08. The van der Waals surface area contributed by atoms with Crippen molar-refractivity contribution in [2.24, 2.45) is 0 Å². The lowest BCUT2D eigenvalue weighted by Gasteiger charge is -2.29. The molecule has 5 nitrogen and oxygen atoms in total. The number of amides is 1. The summed E-state index contributed by atoms with van der Waals surface area (Å²) in [7, 11) is 0. The fourth-order valence-corrected chi connectivity index (χ4v) is 3.53. The molecule has 1 fully saturated rings. The summed E-state index contributed by atoms with van der Waals surface area (Å²) >= 11 is 0. The summed E-state index contributed by atoms with van der Waals surface area (Å²) in [5.74, 6) is 1.95. The highest BCUT2D eigenvalue weighted by Crippen LogP contribution is 2.30. The molecule has 0 atom stereocenters. The highest BCUT2D eigenvalue weighted by Gasteiger charge is 2.26. The van der Waals surface area contributed by atoms with Crippen LogP contribution in [0.2, 0.25) is 0 Å². The molecule has 1 amide bonds. The number of rotatable bonds is 5. The molecule has 1 saturated heterocycles. The first-order valence-electron chi connectivity index (χ1n) is 9.78. The lowest BCUT2D eigenvalue weighted by molar-refractivity contribution is -0.127. The number of para-hydroxylation sites is 2. The second kappa shape index (κ2) is 8.30. The quantitative estimate of drug-likeness (QED) is 0.609. The minimum absolute atomic E-state index is 0.0462. The number of hydrogen-bond acceptors (Lipinski definition) is 4. The van der Waals surface area contributed by atoms with Gasteiger partial charge in [0.05, 0.1) is 6.61 Å². The van der Waals surface area contributed by atoms with E-state index in [0.29, 0.717) is 6.61 Å². The third kappa shape index (κ3) is 4.09. The molecule has 0 bridgehead atoms. The first-order valence-corrected chi connectivity index (χ1v) is 9.78. The summed E-state index contributed by atoms with van der Waals surface area (Å²) in [6.07, 6.45) is 5.24. The molecule has 4 rings (SSSR count). The number of hydrogen-bond donors (Lipinski definition) is 0. The Morgan fingerprint density at radius 3 is 2.64 bits per heavy atom. The van der Waals surface area contributed by atoms with Crippen molar-refractivity contribution in [2.45, 2.75) is 25.7 Å². The van der Waals surface area contributed by atoms with E-state index in [0.717, 1.165) is 54.2 Å². The van der Waals surface area contributed by atoms with E-state index in [-0.39, 0.29) is 11.8 Å². The highest BCUT2D eigenvalue weighted by molar-refractivity contribution is 5.91. The van der Waals surface area contributed by atoms with Crippen molar-refractivity contribution >= 4 is 23.1 Å². The smallest absolute Gasteiger partial charge is 0.246 e. The van der Waals surface area contributed by atoms with Gasteiger partial charge in [-0.05, 0) is 55.7 Å². The van der Waals surface area contributed by atoms with Gasteiger partial charge >= 0.3 is 0 Å². The summed E-state index contributed by atoms with van der Waals surface area (Å²) in [5, 5.41) is 0. The molecular weight excluding hydrogens is 352 g/mol. The zero-order chi connectivity index (χ0) is 19.3. The fraction of sp³-hybridized carbons (Fsp3) is 0.304. The lowest BCUT2D eigenvalue weighted by Crippen LogP contribution is -2.36. The Balaban J connectivity index is 1.33. The van der Waals surface area contributed by atoms with Crippen LogP contribution >= 0.6 is 0 Å². The predicted octanol–water partition coefficient (Wildman–Crippen LogP) is 4.65. The minimum Gasteiger partial charge on any atom is -0.494 e. The average Bonchev–Trinajstić information content (AvgIpc) is 3.18. The van der Waals surface area contributed by atoms with Gasteiger partial charge in [-0.1, -0.05) is 24.3 Å². The van der Waals surface area contributed by atoms with Gasteiger partial charge in [0.2, 0.25) is 5.91 Å². The van der Waals surface area contributed by atoms with Crippen LogP contribution in [0, 0.1) is 0 Å². The van der Waals surface area contributed by atoms with Gasteiger partial charge in [0.15, 0.2) is 11.5 Å². The Morgan fingerprint density at radius 1 is 1.18 bits per heavy atom. The lowest BCUT2D eigenvalue weighted by atomic mass is 9.96. The fourth-order valence-electron chi connectivity index (χ4n) is 3.53. The van der Waals surface area contributed by atoms with Crippen LogP contribution in [0.4, 0.5) is 0 Å². The highest BCUT2D eigenvalue weighted by atomic mass is 16.5. The molecule has 28 heavy (non-hydrogen) atoms. The second-order valence-electron chi connectivity index (χ2n) is 6.95. The van der Waals surface area contributed by atoms with E-state index in [2.05, 4.69) is 4.98 Å². The van der Waals surface area contributed by atoms with Crippen LogP contribution in [-0.4, -0.2) is 35.5 Å². The molecular formula is C23H24N2O3. The summed E-state index contributed by atoms with van der Waals surface area (Å²) in [6, 6.07) is 15.6. The maximum atomic E-state index is 12.5. The number of aromatic nitrogens is 1. The topological polar surface area (TPSA) is 55.6 Å². The molecule has 5 heteroatoms. The number of likely N-dealkylation sites (tertiary alicyclic amines) is 1. The maximum absolute atomic E-state index is 12.5. The van der Waals surface area contributed by atoms with Crippen molar-refractivity contribution in [3.05, 3.63) is 66.1 Å². The van der Waals surface area contributed by atoms with Crippen molar-refractivity contribution in [1.29, 1.82) is 0 Å². The normalized spacial score (nSPS) is 15.4. The monoisotopic (exact) mass is 376 g/mol. The molecule has 0 radical (unpaired) electrons. The van der Waals surface area contributed by atoms with E-state index in [1.54, 1.807) is 6.08 Å². The zero-order valence-electron chi connectivity index (χ0n) is 16.0. The van der Waals surface area contributed by atoms with Crippen molar-refractivity contribution < 1.29 is 13.9 Å². The molecule has 3 aromatic rings. The molecule has 0 aliphatic carbocycles. The Hall–Kier alpha value is -3.08. The Bertz CT molecular complexity index is 934. The van der Waals surface area contributed by atoms with Crippen molar-refractivity contribution in [1.82, 2.24) is 9.88 Å². The first-order chi connectivity index (χ1) is 13.7. The number of fused-ring (bicyclic) bond motifs is 1. The van der Waals surface area contributed by atoms with Crippen LogP contribution in [0.3, 0.4) is 0 Å². The Kier molecular flexibility index (Phi) is 5.42. The third-order valence-electron chi connectivity index (χ3n) is 5.08. The number of nitrogens with zero attached hydrogens (tertiary/aromatic N) is 2. The SMILES string of the molecule is CCOc1ccc(/C=C/C(=O)N2CCC(c3nc4ccccc4o3)CC2)cc1. The molecule has 0 unspecified atom stereocenters. The van der Waals surface area contributed by atoms with E-state index in [1.807, 2.05) is 66.4 Å². The van der Waals surface area contributed by atoms with Gasteiger partial charge in [0.1, 0.15) is 11.3 Å². The van der Waals surface area contributed by atoms with Crippen LogP contribution in [0.5, 0.6) is 5.75 Å². The summed E-state index contributed by atoms with van der Waals surface area (Å²) in [5.41, 5.74) is 2.71. The second-order valence-corrected chi connectivity index (χ2v) is 6.95. The number of carbonyl (C=O) groups is 1. The van der Waals surface area contributed by atoms with Crippen LogP contribution in [0.1, 0.15) is 37.1 Å². The molecule has 1 aromatic heterocycles. The van der Waals surface area contributed by atoms with Crippen LogP contribution < -0.4 is 4.74 Å². The summed E-state index contributed by atoms with van der Waals surface area (Å²) in [6.45, 7) is 4.04. The zero-order valence-corrected chi connectivity index (χ0v) is 16.0. The van der Waals surface area contributed by atoms with Crippen molar-refractivity contribution in [2.75, 3.05) is 19.7 Å². The van der Waals surface area contributed by atoms with Crippen LogP contribution in [0.15, 0.2) is 59.0 Å². The van der Waals surface area contributed by atoms with Gasteiger partial charge in [0, 0.05) is 25.1 Å².